The molecule has 1 N–H and O–H groups in total. The van der Waals surface area contributed by atoms with Crippen LogP contribution in [0.3, 0.4) is 0 Å². The van der Waals surface area contributed by atoms with Gasteiger partial charge in [0.15, 0.2) is 0 Å². The standard InChI is InChI=1S/C16H26N2O3/c1-4-17-5-7-18(8-6-17)15(19)13-9-11(2)12(3)10-14(13)16(20)21/h13-14H,4-10H2,1-3H3,(H,20,21). The lowest BCUT2D eigenvalue weighted by Crippen LogP contribution is -2.52. The largest absolute Gasteiger partial charge is 0.481 e. The predicted octanol–water partition coefficient (Wildman–Crippen LogP) is 1.60. The number of carbonyl (C=O) groups is 2. The molecular weight excluding hydrogens is 268 g/mol. The highest BCUT2D eigenvalue weighted by atomic mass is 16.4. The van der Waals surface area contributed by atoms with Crippen LogP contribution in [0.5, 0.6) is 0 Å². The Morgan fingerprint density at radius 2 is 1.57 bits per heavy atom. The second-order valence-corrected chi connectivity index (χ2v) is 6.28. The fourth-order valence-electron chi connectivity index (χ4n) is 3.33. The molecular formula is C16H26N2O3. The third-order valence-corrected chi connectivity index (χ3v) is 5.03. The van der Waals surface area contributed by atoms with Crippen molar-refractivity contribution < 1.29 is 14.7 Å². The van der Waals surface area contributed by atoms with Gasteiger partial charge in [-0.1, -0.05) is 18.1 Å². The SMILES string of the molecule is CCN1CCN(C(=O)C2CC(C)=C(C)CC2C(=O)O)CC1. The monoisotopic (exact) mass is 294 g/mol. The van der Waals surface area contributed by atoms with Gasteiger partial charge in [0.25, 0.3) is 0 Å². The Balaban J connectivity index is 2.08. The molecule has 0 aromatic carbocycles. The smallest absolute Gasteiger partial charge is 0.307 e. The molecule has 5 heteroatoms. The molecule has 1 amide bonds. The van der Waals surface area contributed by atoms with Crippen LogP contribution in [0.25, 0.3) is 0 Å². The van der Waals surface area contributed by atoms with Gasteiger partial charge in [-0.15, -0.1) is 0 Å². The summed E-state index contributed by atoms with van der Waals surface area (Å²) in [5, 5.41) is 9.44. The van der Waals surface area contributed by atoms with Crippen LogP contribution in [0.1, 0.15) is 33.6 Å². The van der Waals surface area contributed by atoms with Gasteiger partial charge in [-0.05, 0) is 33.2 Å². The van der Waals surface area contributed by atoms with Crippen LogP contribution in [0, 0.1) is 11.8 Å². The van der Waals surface area contributed by atoms with Crippen molar-refractivity contribution in [3.8, 4) is 0 Å². The zero-order valence-corrected chi connectivity index (χ0v) is 13.3. The summed E-state index contributed by atoms with van der Waals surface area (Å²) in [4.78, 5) is 28.4. The van der Waals surface area contributed by atoms with Gasteiger partial charge in [-0.25, -0.2) is 0 Å². The maximum atomic E-state index is 12.7. The molecule has 0 aromatic heterocycles. The number of rotatable bonds is 3. The Kier molecular flexibility index (Phi) is 5.04. The van der Waals surface area contributed by atoms with Crippen LogP contribution in [-0.2, 0) is 9.59 Å². The molecule has 1 aliphatic heterocycles. The van der Waals surface area contributed by atoms with Gasteiger partial charge >= 0.3 is 5.97 Å². The van der Waals surface area contributed by atoms with Crippen molar-refractivity contribution in [3.63, 3.8) is 0 Å². The summed E-state index contributed by atoms with van der Waals surface area (Å²) in [6.07, 6.45) is 1.10. The van der Waals surface area contributed by atoms with Crippen LogP contribution in [0.15, 0.2) is 11.1 Å². The van der Waals surface area contributed by atoms with Crippen LogP contribution < -0.4 is 0 Å². The first-order valence-corrected chi connectivity index (χ1v) is 7.83. The summed E-state index contributed by atoms with van der Waals surface area (Å²) in [6, 6.07) is 0. The lowest BCUT2D eigenvalue weighted by Gasteiger charge is -2.38. The fourth-order valence-corrected chi connectivity index (χ4v) is 3.33. The normalized spacial score (nSPS) is 27.9. The number of carbonyl (C=O) groups excluding carboxylic acids is 1. The molecule has 0 radical (unpaired) electrons. The van der Waals surface area contributed by atoms with Gasteiger partial charge in [-0.2, -0.15) is 0 Å². The molecule has 1 aliphatic carbocycles. The van der Waals surface area contributed by atoms with E-state index in [-0.39, 0.29) is 11.8 Å². The molecule has 1 fully saturated rings. The molecule has 2 rings (SSSR count). The zero-order chi connectivity index (χ0) is 15.6. The van der Waals surface area contributed by atoms with Gasteiger partial charge in [0.05, 0.1) is 11.8 Å². The number of amides is 1. The summed E-state index contributed by atoms with van der Waals surface area (Å²) >= 11 is 0. The average Bonchev–Trinajstić information content (AvgIpc) is 2.48. The minimum Gasteiger partial charge on any atom is -0.481 e. The third-order valence-electron chi connectivity index (χ3n) is 5.03. The van der Waals surface area contributed by atoms with Crippen molar-refractivity contribution in [1.29, 1.82) is 0 Å². The van der Waals surface area contributed by atoms with E-state index in [4.69, 9.17) is 0 Å². The van der Waals surface area contributed by atoms with Crippen LogP contribution in [0.2, 0.25) is 0 Å². The number of carboxylic acids is 1. The Hall–Kier alpha value is -1.36. The van der Waals surface area contributed by atoms with E-state index in [1.165, 1.54) is 5.57 Å². The number of nitrogens with zero attached hydrogens (tertiary/aromatic N) is 2. The molecule has 2 atom stereocenters. The van der Waals surface area contributed by atoms with Gasteiger partial charge in [0, 0.05) is 26.2 Å². The highest BCUT2D eigenvalue weighted by Crippen LogP contribution is 2.35. The van der Waals surface area contributed by atoms with Crippen LogP contribution >= 0.6 is 0 Å². The Morgan fingerprint density at radius 3 is 2.05 bits per heavy atom. The van der Waals surface area contributed by atoms with Crippen molar-refractivity contribution >= 4 is 11.9 Å². The lowest BCUT2D eigenvalue weighted by molar-refractivity contribution is -0.151. The molecule has 118 valence electrons. The van der Waals surface area contributed by atoms with Gasteiger partial charge < -0.3 is 14.9 Å². The van der Waals surface area contributed by atoms with Gasteiger partial charge in [-0.3, -0.25) is 9.59 Å². The summed E-state index contributed by atoms with van der Waals surface area (Å²) in [6.45, 7) is 10.3. The highest BCUT2D eigenvalue weighted by Gasteiger charge is 2.39. The van der Waals surface area contributed by atoms with E-state index in [0.717, 1.165) is 38.3 Å². The zero-order valence-electron chi connectivity index (χ0n) is 13.3. The van der Waals surface area contributed by atoms with E-state index < -0.39 is 11.9 Å². The first-order chi connectivity index (χ1) is 9.93. The number of carboxylic acid groups (broad SMARTS) is 1. The molecule has 2 unspecified atom stereocenters. The Bertz CT molecular complexity index is 450. The average molecular weight is 294 g/mol. The molecule has 0 spiro atoms. The molecule has 0 saturated carbocycles. The number of hydrogen-bond donors (Lipinski definition) is 1. The van der Waals surface area contributed by atoms with E-state index >= 15 is 0 Å². The van der Waals surface area contributed by atoms with Crippen molar-refractivity contribution in [2.24, 2.45) is 11.8 Å². The minimum absolute atomic E-state index is 0.0324. The number of piperazine rings is 1. The maximum Gasteiger partial charge on any atom is 0.307 e. The van der Waals surface area contributed by atoms with Crippen LogP contribution in [0.4, 0.5) is 0 Å². The van der Waals surface area contributed by atoms with E-state index in [1.807, 2.05) is 18.7 Å². The number of hydrogen-bond acceptors (Lipinski definition) is 3. The van der Waals surface area contributed by atoms with E-state index in [9.17, 15) is 14.7 Å². The van der Waals surface area contributed by atoms with Crippen molar-refractivity contribution in [2.45, 2.75) is 33.6 Å². The summed E-state index contributed by atoms with van der Waals surface area (Å²) in [5.41, 5.74) is 2.31. The highest BCUT2D eigenvalue weighted by molar-refractivity contribution is 5.85. The van der Waals surface area contributed by atoms with E-state index in [2.05, 4.69) is 11.8 Å². The fraction of sp³-hybridized carbons (Fsp3) is 0.750. The summed E-state index contributed by atoms with van der Waals surface area (Å²) < 4.78 is 0. The molecule has 21 heavy (non-hydrogen) atoms. The van der Waals surface area contributed by atoms with Gasteiger partial charge in [0.1, 0.15) is 0 Å². The third kappa shape index (κ3) is 3.46. The summed E-state index contributed by atoms with van der Waals surface area (Å²) in [7, 11) is 0. The topological polar surface area (TPSA) is 60.9 Å². The lowest BCUT2D eigenvalue weighted by atomic mass is 9.76. The first-order valence-electron chi connectivity index (χ1n) is 7.83. The van der Waals surface area contributed by atoms with Crippen LogP contribution in [-0.4, -0.2) is 59.5 Å². The molecule has 2 aliphatic rings. The second kappa shape index (κ2) is 6.60. The van der Waals surface area contributed by atoms with Crippen molar-refractivity contribution in [2.75, 3.05) is 32.7 Å². The maximum absolute atomic E-state index is 12.7. The molecule has 0 aromatic rings. The second-order valence-electron chi connectivity index (χ2n) is 6.28. The summed E-state index contributed by atoms with van der Waals surface area (Å²) in [5.74, 6) is -1.76. The number of aliphatic carboxylic acids is 1. The molecule has 0 bridgehead atoms. The molecule has 1 heterocycles. The quantitative estimate of drug-likeness (QED) is 0.803. The van der Waals surface area contributed by atoms with E-state index in [1.54, 1.807) is 0 Å². The number of likely N-dealkylation sites (N-methyl/N-ethyl adjacent to an activating group) is 1. The van der Waals surface area contributed by atoms with Crippen molar-refractivity contribution in [1.82, 2.24) is 9.80 Å². The molecule has 1 saturated heterocycles. The molecule has 5 nitrogen and oxygen atoms in total. The Morgan fingerprint density at radius 1 is 1.05 bits per heavy atom. The van der Waals surface area contributed by atoms with Gasteiger partial charge in [0.2, 0.25) is 5.91 Å². The van der Waals surface area contributed by atoms with E-state index in [0.29, 0.717) is 12.8 Å². The minimum atomic E-state index is -0.840. The van der Waals surface area contributed by atoms with Crippen molar-refractivity contribution in [3.05, 3.63) is 11.1 Å². The Labute approximate surface area is 126 Å². The first kappa shape index (κ1) is 16.0. The number of allylic oxidation sites excluding steroid dienone is 2. The predicted molar refractivity (Wildman–Crippen MR) is 80.9 cm³/mol.